The van der Waals surface area contributed by atoms with Crippen LogP contribution >= 0.6 is 0 Å². The smallest absolute Gasteiger partial charge is 0.285 e. The third kappa shape index (κ3) is 3.03. The number of amides is 1. The maximum absolute atomic E-state index is 12.4. The summed E-state index contributed by atoms with van der Waals surface area (Å²) in [6.45, 7) is 0.449. The quantitative estimate of drug-likeness (QED) is 0.820. The van der Waals surface area contributed by atoms with Crippen LogP contribution in [0.25, 0.3) is 0 Å². The number of hydrogen-bond acceptors (Lipinski definition) is 5. The van der Waals surface area contributed by atoms with Gasteiger partial charge in [-0.2, -0.15) is 8.42 Å². The van der Waals surface area contributed by atoms with E-state index in [9.17, 15) is 13.2 Å². The number of amidine groups is 1. The third-order valence-electron chi connectivity index (χ3n) is 4.71. The summed E-state index contributed by atoms with van der Waals surface area (Å²) in [7, 11) is -2.01. The number of carbonyl (C=O) groups is 1. The maximum Gasteiger partial charge on any atom is 0.285 e. The zero-order chi connectivity index (χ0) is 17.4. The topological polar surface area (TPSA) is 105 Å². The van der Waals surface area contributed by atoms with E-state index in [2.05, 4.69) is 9.71 Å². The molecule has 0 aromatic heterocycles. The van der Waals surface area contributed by atoms with Crippen LogP contribution in [-0.2, 0) is 14.8 Å². The van der Waals surface area contributed by atoms with Crippen LogP contribution in [-0.4, -0.2) is 50.7 Å². The molecule has 3 rings (SSSR count). The van der Waals surface area contributed by atoms with E-state index < -0.39 is 10.0 Å². The monoisotopic (exact) mass is 350 g/mol. The third-order valence-corrected chi connectivity index (χ3v) is 6.04. The summed E-state index contributed by atoms with van der Waals surface area (Å²) in [5.41, 5.74) is 6.05. The molecule has 0 atom stereocenters. The predicted molar refractivity (Wildman–Crippen MR) is 91.2 cm³/mol. The Hall–Kier alpha value is -1.93. The lowest BCUT2D eigenvalue weighted by Crippen LogP contribution is -2.54. The average Bonchev–Trinajstić information content (AvgIpc) is 3.11. The average molecular weight is 350 g/mol. The lowest BCUT2D eigenvalue weighted by atomic mass is 9.98. The second-order valence-corrected chi connectivity index (χ2v) is 8.05. The Bertz CT molecular complexity index is 782. The first-order valence-electron chi connectivity index (χ1n) is 8.03. The van der Waals surface area contributed by atoms with Gasteiger partial charge in [0.25, 0.3) is 10.0 Å². The van der Waals surface area contributed by atoms with Crippen molar-refractivity contribution in [2.24, 2.45) is 10.1 Å². The number of rotatable bonds is 4. The van der Waals surface area contributed by atoms with Gasteiger partial charge in [-0.05, 0) is 25.0 Å². The first kappa shape index (κ1) is 16.9. The van der Waals surface area contributed by atoms with E-state index in [0.29, 0.717) is 17.9 Å². The van der Waals surface area contributed by atoms with Gasteiger partial charge < -0.3 is 16.0 Å². The number of likely N-dealkylation sites (N-methyl/N-ethyl adjacent to an activating group) is 1. The van der Waals surface area contributed by atoms with E-state index >= 15 is 0 Å². The normalized spacial score (nSPS) is 20.3. The number of nitrogens with zero attached hydrogens (tertiary/aromatic N) is 2. The van der Waals surface area contributed by atoms with Gasteiger partial charge >= 0.3 is 0 Å². The maximum atomic E-state index is 12.4. The van der Waals surface area contributed by atoms with Crippen molar-refractivity contribution in [3.05, 3.63) is 29.8 Å². The van der Waals surface area contributed by atoms with Crippen LogP contribution < -0.4 is 11.1 Å². The number of nitrogens with two attached hydrogens (primary N) is 1. The molecule has 130 valence electrons. The summed E-state index contributed by atoms with van der Waals surface area (Å²) >= 11 is 0. The molecule has 0 unspecified atom stereocenters. The molecule has 1 heterocycles. The van der Waals surface area contributed by atoms with Crippen molar-refractivity contribution >= 4 is 21.8 Å². The Morgan fingerprint density at radius 3 is 2.67 bits per heavy atom. The molecule has 2 aliphatic rings. The molecule has 0 spiro atoms. The Morgan fingerprint density at radius 1 is 1.33 bits per heavy atom. The van der Waals surface area contributed by atoms with Gasteiger partial charge in [0.15, 0.2) is 5.84 Å². The Morgan fingerprint density at radius 2 is 2.00 bits per heavy atom. The molecule has 1 aliphatic heterocycles. The summed E-state index contributed by atoms with van der Waals surface area (Å²) in [6.07, 6.45) is 3.89. The lowest BCUT2D eigenvalue weighted by molar-refractivity contribution is -0.123. The van der Waals surface area contributed by atoms with E-state index in [1.165, 1.54) is 6.07 Å². The number of carbonyl (C=O) groups excluding carboxylic acids is 1. The number of nitrogens with one attached hydrogen (secondary N) is 1. The van der Waals surface area contributed by atoms with Gasteiger partial charge in [0.05, 0.1) is 12.1 Å². The molecule has 1 aromatic rings. The van der Waals surface area contributed by atoms with Gasteiger partial charge in [0.2, 0.25) is 5.91 Å². The Balaban J connectivity index is 1.74. The fourth-order valence-corrected chi connectivity index (χ4v) is 4.67. The van der Waals surface area contributed by atoms with E-state index in [-0.39, 0.29) is 22.9 Å². The van der Waals surface area contributed by atoms with Gasteiger partial charge in [-0.3, -0.25) is 4.79 Å². The second kappa shape index (κ2) is 6.18. The molecule has 0 bridgehead atoms. The Labute approximate surface area is 142 Å². The minimum Gasteiger partial charge on any atom is -0.349 e. The molecule has 1 fully saturated rings. The second-order valence-electron chi connectivity index (χ2n) is 6.48. The standard InChI is InChI=1S/C16H22N4O3S/c1-20(10-14(21)18-16(11-17)8-4-5-9-16)15-12-6-2-3-7-13(12)24(22,23)19-15/h2-3,6-7H,4-5,8-11,17H2,1H3,(H,18,21). The van der Waals surface area contributed by atoms with Crippen molar-refractivity contribution in [2.45, 2.75) is 36.1 Å². The van der Waals surface area contributed by atoms with E-state index in [4.69, 9.17) is 5.73 Å². The van der Waals surface area contributed by atoms with Crippen molar-refractivity contribution in [3.63, 3.8) is 0 Å². The fraction of sp³-hybridized carbons (Fsp3) is 0.500. The van der Waals surface area contributed by atoms with Crippen LogP contribution in [0.15, 0.2) is 33.6 Å². The van der Waals surface area contributed by atoms with Crippen LogP contribution in [0.4, 0.5) is 0 Å². The minimum atomic E-state index is -3.68. The summed E-state index contributed by atoms with van der Waals surface area (Å²) in [6, 6.07) is 6.64. The summed E-state index contributed by atoms with van der Waals surface area (Å²) in [5.74, 6) is 0.128. The van der Waals surface area contributed by atoms with Crippen LogP contribution in [0.3, 0.4) is 0 Å². The number of hydrogen-bond donors (Lipinski definition) is 2. The molecule has 0 radical (unpaired) electrons. The highest BCUT2D eigenvalue weighted by atomic mass is 32.2. The van der Waals surface area contributed by atoms with Gasteiger partial charge in [-0.15, -0.1) is 4.40 Å². The molecular formula is C16H22N4O3S. The van der Waals surface area contributed by atoms with Crippen LogP contribution in [0.5, 0.6) is 0 Å². The van der Waals surface area contributed by atoms with Gasteiger partial charge in [0.1, 0.15) is 4.90 Å². The molecule has 1 amide bonds. The highest BCUT2D eigenvalue weighted by Gasteiger charge is 2.35. The first-order valence-corrected chi connectivity index (χ1v) is 9.47. The lowest BCUT2D eigenvalue weighted by Gasteiger charge is -2.30. The van der Waals surface area contributed by atoms with E-state index in [1.54, 1.807) is 30.1 Å². The molecule has 8 heteroatoms. The van der Waals surface area contributed by atoms with Crippen molar-refractivity contribution in [3.8, 4) is 0 Å². The van der Waals surface area contributed by atoms with Gasteiger partial charge in [-0.1, -0.05) is 25.0 Å². The van der Waals surface area contributed by atoms with Crippen molar-refractivity contribution in [1.82, 2.24) is 10.2 Å². The van der Waals surface area contributed by atoms with Crippen molar-refractivity contribution < 1.29 is 13.2 Å². The molecule has 1 saturated carbocycles. The van der Waals surface area contributed by atoms with E-state index in [1.807, 2.05) is 0 Å². The summed E-state index contributed by atoms with van der Waals surface area (Å²) < 4.78 is 28.0. The Kier molecular flexibility index (Phi) is 4.35. The minimum absolute atomic E-state index is 0.0322. The molecule has 3 N–H and O–H groups in total. The van der Waals surface area contributed by atoms with Crippen molar-refractivity contribution in [2.75, 3.05) is 20.1 Å². The molecule has 1 aliphatic carbocycles. The van der Waals surface area contributed by atoms with Crippen molar-refractivity contribution in [1.29, 1.82) is 0 Å². The van der Waals surface area contributed by atoms with Gasteiger partial charge in [0, 0.05) is 19.2 Å². The number of benzene rings is 1. The van der Waals surface area contributed by atoms with Crippen LogP contribution in [0.1, 0.15) is 31.2 Å². The molecular weight excluding hydrogens is 328 g/mol. The zero-order valence-electron chi connectivity index (χ0n) is 13.7. The highest BCUT2D eigenvalue weighted by molar-refractivity contribution is 7.90. The number of sulfonamides is 1. The summed E-state index contributed by atoms with van der Waals surface area (Å²) in [5, 5.41) is 3.03. The molecule has 7 nitrogen and oxygen atoms in total. The van der Waals surface area contributed by atoms with Gasteiger partial charge in [-0.25, -0.2) is 0 Å². The largest absolute Gasteiger partial charge is 0.349 e. The molecule has 1 aromatic carbocycles. The number of fused-ring (bicyclic) bond motifs is 1. The van der Waals surface area contributed by atoms with Crippen LogP contribution in [0.2, 0.25) is 0 Å². The summed E-state index contributed by atoms with van der Waals surface area (Å²) in [4.78, 5) is 14.1. The molecule has 0 saturated heterocycles. The highest BCUT2D eigenvalue weighted by Crippen LogP contribution is 2.29. The van der Waals surface area contributed by atoms with Crippen LogP contribution in [0, 0.1) is 0 Å². The van der Waals surface area contributed by atoms with E-state index in [0.717, 1.165) is 25.7 Å². The zero-order valence-corrected chi connectivity index (χ0v) is 14.5. The predicted octanol–water partition coefficient (Wildman–Crippen LogP) is 0.455. The first-order chi connectivity index (χ1) is 11.4. The SMILES string of the molecule is CN(CC(=O)NC1(CN)CCCC1)C1=NS(=O)(=O)c2ccccc21. The molecule has 24 heavy (non-hydrogen) atoms. The fourth-order valence-electron chi connectivity index (χ4n) is 3.42.